The van der Waals surface area contributed by atoms with Crippen LogP contribution in [-0.4, -0.2) is 6.04 Å². The van der Waals surface area contributed by atoms with Crippen molar-refractivity contribution in [3.8, 4) is 0 Å². The van der Waals surface area contributed by atoms with Crippen LogP contribution in [0.15, 0.2) is 12.3 Å². The van der Waals surface area contributed by atoms with E-state index in [4.69, 9.17) is 0 Å². The van der Waals surface area contributed by atoms with Crippen molar-refractivity contribution in [2.75, 3.05) is 0 Å². The van der Waals surface area contributed by atoms with Crippen LogP contribution in [0.2, 0.25) is 0 Å². The Morgan fingerprint density at radius 1 is 1.50 bits per heavy atom. The van der Waals surface area contributed by atoms with Gasteiger partial charge in [0.25, 0.3) is 0 Å². The Hall–Kier alpha value is -0.460. The molecule has 1 rings (SSSR count). The molecular weight excluding hydrogens is 146 g/mol. The molecule has 0 aliphatic heterocycles. The van der Waals surface area contributed by atoms with Gasteiger partial charge in [-0.2, -0.15) is 0 Å². The topological polar surface area (TPSA) is 12.0 Å². The molecule has 0 saturated heterocycles. The highest BCUT2D eigenvalue weighted by Gasteiger charge is 2.23. The summed E-state index contributed by atoms with van der Waals surface area (Å²) in [4.78, 5) is 0. The van der Waals surface area contributed by atoms with E-state index in [1.54, 1.807) is 0 Å². The molecule has 2 unspecified atom stereocenters. The molecular formula is C11H21N. The predicted molar refractivity (Wildman–Crippen MR) is 54.0 cm³/mol. The minimum atomic E-state index is 0.721. The molecule has 0 amide bonds. The standard InChI is InChI=1S/C11H21N/c1-4-5-10-6-7-11(8-10)12-9(2)3/h10-12H,2,4-8H2,1,3H3. The fraction of sp³-hybridized carbons (Fsp3) is 0.818. The number of nitrogens with one attached hydrogen (secondary N) is 1. The van der Waals surface area contributed by atoms with Crippen LogP contribution in [0.25, 0.3) is 0 Å². The summed E-state index contributed by atoms with van der Waals surface area (Å²) in [6.07, 6.45) is 6.87. The molecule has 0 aromatic rings. The molecule has 1 heteroatoms. The molecule has 1 nitrogen and oxygen atoms in total. The Kier molecular flexibility index (Phi) is 3.64. The van der Waals surface area contributed by atoms with Crippen LogP contribution in [0, 0.1) is 5.92 Å². The Bertz CT molecular complexity index is 151. The molecule has 1 saturated carbocycles. The van der Waals surface area contributed by atoms with Crippen LogP contribution in [0.1, 0.15) is 46.0 Å². The van der Waals surface area contributed by atoms with Gasteiger partial charge in [-0.05, 0) is 32.1 Å². The van der Waals surface area contributed by atoms with Gasteiger partial charge in [-0.1, -0.05) is 26.3 Å². The average molecular weight is 167 g/mol. The molecule has 1 N–H and O–H groups in total. The summed E-state index contributed by atoms with van der Waals surface area (Å²) in [7, 11) is 0. The summed E-state index contributed by atoms with van der Waals surface area (Å²) in [5.74, 6) is 0.979. The highest BCUT2D eigenvalue weighted by molar-refractivity contribution is 4.92. The smallest absolute Gasteiger partial charge is 0.0260 e. The van der Waals surface area contributed by atoms with E-state index in [9.17, 15) is 0 Å². The largest absolute Gasteiger partial charge is 0.386 e. The lowest BCUT2D eigenvalue weighted by molar-refractivity contribution is 0.475. The van der Waals surface area contributed by atoms with Crippen molar-refractivity contribution in [1.29, 1.82) is 0 Å². The quantitative estimate of drug-likeness (QED) is 0.678. The molecule has 0 bridgehead atoms. The Morgan fingerprint density at radius 3 is 2.83 bits per heavy atom. The first-order valence-corrected chi connectivity index (χ1v) is 5.14. The van der Waals surface area contributed by atoms with E-state index < -0.39 is 0 Å². The van der Waals surface area contributed by atoms with Crippen LogP contribution in [0.3, 0.4) is 0 Å². The van der Waals surface area contributed by atoms with E-state index in [0.717, 1.165) is 17.7 Å². The third-order valence-corrected chi connectivity index (χ3v) is 2.69. The zero-order valence-electron chi connectivity index (χ0n) is 8.40. The summed E-state index contributed by atoms with van der Waals surface area (Å²) in [5.41, 5.74) is 1.12. The Balaban J connectivity index is 2.21. The van der Waals surface area contributed by atoms with E-state index in [-0.39, 0.29) is 0 Å². The van der Waals surface area contributed by atoms with Crippen molar-refractivity contribution in [1.82, 2.24) is 5.32 Å². The van der Waals surface area contributed by atoms with Crippen LogP contribution in [0.5, 0.6) is 0 Å². The Labute approximate surface area is 76.2 Å². The maximum absolute atomic E-state index is 3.88. The molecule has 0 radical (unpaired) electrons. The lowest BCUT2D eigenvalue weighted by Gasteiger charge is -2.13. The van der Waals surface area contributed by atoms with E-state index in [0.29, 0.717) is 0 Å². The molecule has 1 aliphatic carbocycles. The SMILES string of the molecule is C=C(C)NC1CCC(CCC)C1. The molecule has 1 aliphatic rings. The van der Waals surface area contributed by atoms with Crippen LogP contribution >= 0.6 is 0 Å². The van der Waals surface area contributed by atoms with Crippen molar-refractivity contribution < 1.29 is 0 Å². The van der Waals surface area contributed by atoms with Gasteiger partial charge in [0.05, 0.1) is 0 Å². The summed E-state index contributed by atoms with van der Waals surface area (Å²) < 4.78 is 0. The van der Waals surface area contributed by atoms with Gasteiger partial charge in [-0.25, -0.2) is 0 Å². The van der Waals surface area contributed by atoms with E-state index in [1.807, 2.05) is 6.92 Å². The second-order valence-electron chi connectivity index (χ2n) is 4.09. The molecule has 0 heterocycles. The van der Waals surface area contributed by atoms with E-state index in [2.05, 4.69) is 18.8 Å². The zero-order chi connectivity index (χ0) is 8.97. The summed E-state index contributed by atoms with van der Waals surface area (Å²) >= 11 is 0. The maximum Gasteiger partial charge on any atom is 0.0260 e. The number of hydrogen-bond acceptors (Lipinski definition) is 1. The van der Waals surface area contributed by atoms with Gasteiger partial charge >= 0.3 is 0 Å². The minimum Gasteiger partial charge on any atom is -0.386 e. The maximum atomic E-state index is 3.88. The number of allylic oxidation sites excluding steroid dienone is 1. The van der Waals surface area contributed by atoms with Gasteiger partial charge < -0.3 is 5.32 Å². The van der Waals surface area contributed by atoms with Crippen molar-refractivity contribution in [2.24, 2.45) is 5.92 Å². The van der Waals surface area contributed by atoms with Gasteiger partial charge in [0, 0.05) is 11.7 Å². The number of rotatable bonds is 4. The highest BCUT2D eigenvalue weighted by Crippen LogP contribution is 2.29. The van der Waals surface area contributed by atoms with Crippen LogP contribution < -0.4 is 5.32 Å². The van der Waals surface area contributed by atoms with Crippen LogP contribution in [-0.2, 0) is 0 Å². The van der Waals surface area contributed by atoms with Crippen molar-refractivity contribution in [3.63, 3.8) is 0 Å². The third-order valence-electron chi connectivity index (χ3n) is 2.69. The molecule has 1 fully saturated rings. The fourth-order valence-electron chi connectivity index (χ4n) is 2.22. The predicted octanol–water partition coefficient (Wildman–Crippen LogP) is 3.08. The first-order valence-electron chi connectivity index (χ1n) is 5.14. The van der Waals surface area contributed by atoms with Gasteiger partial charge in [0.15, 0.2) is 0 Å². The Morgan fingerprint density at radius 2 is 2.25 bits per heavy atom. The molecule has 70 valence electrons. The van der Waals surface area contributed by atoms with Gasteiger partial charge in [-0.3, -0.25) is 0 Å². The van der Waals surface area contributed by atoms with Gasteiger partial charge in [0.1, 0.15) is 0 Å². The average Bonchev–Trinajstić information content (AvgIpc) is 2.36. The van der Waals surface area contributed by atoms with E-state index >= 15 is 0 Å². The molecule has 0 aromatic heterocycles. The van der Waals surface area contributed by atoms with Crippen molar-refractivity contribution in [2.45, 2.75) is 52.0 Å². The molecule has 12 heavy (non-hydrogen) atoms. The van der Waals surface area contributed by atoms with E-state index in [1.165, 1.54) is 32.1 Å². The van der Waals surface area contributed by atoms with Crippen molar-refractivity contribution >= 4 is 0 Å². The van der Waals surface area contributed by atoms with Gasteiger partial charge in [-0.15, -0.1) is 0 Å². The van der Waals surface area contributed by atoms with Crippen LogP contribution in [0.4, 0.5) is 0 Å². The first-order chi connectivity index (χ1) is 5.72. The molecule has 2 atom stereocenters. The fourth-order valence-corrected chi connectivity index (χ4v) is 2.22. The van der Waals surface area contributed by atoms with Crippen molar-refractivity contribution in [3.05, 3.63) is 12.3 Å². The summed E-state index contributed by atoms with van der Waals surface area (Å²) in [6.45, 7) is 8.20. The highest BCUT2D eigenvalue weighted by atomic mass is 14.9. The second-order valence-corrected chi connectivity index (χ2v) is 4.09. The third kappa shape index (κ3) is 2.88. The monoisotopic (exact) mass is 167 g/mol. The lowest BCUT2D eigenvalue weighted by Crippen LogP contribution is -2.23. The summed E-state index contributed by atoms with van der Waals surface area (Å²) in [6, 6.07) is 0.721. The second kappa shape index (κ2) is 4.54. The molecule has 0 spiro atoms. The number of hydrogen-bond donors (Lipinski definition) is 1. The first kappa shape index (κ1) is 9.63. The zero-order valence-corrected chi connectivity index (χ0v) is 8.40. The summed E-state index contributed by atoms with van der Waals surface area (Å²) in [5, 5.41) is 3.44. The van der Waals surface area contributed by atoms with Gasteiger partial charge in [0.2, 0.25) is 0 Å². The minimum absolute atomic E-state index is 0.721. The molecule has 0 aromatic carbocycles. The normalized spacial score (nSPS) is 28.8. The lowest BCUT2D eigenvalue weighted by atomic mass is 10.0.